The molecular formula is C22H23N3O. The van der Waals surface area contributed by atoms with Gasteiger partial charge in [-0.2, -0.15) is 0 Å². The normalized spacial score (nSPS) is 10.5. The van der Waals surface area contributed by atoms with Crippen molar-refractivity contribution >= 4 is 28.2 Å². The molecule has 0 bridgehead atoms. The molecule has 0 aliphatic rings. The standard InChI is InChI=1S/C22H23N3O/c1-4-13-23-22(26)18-14-24-20-15(3)9-8-11-17(20)21(18)25-19-12-7-6-10-16(19)5-2/h4,6-12,14H,1,5,13H2,2-3H3,(H,23,26)(H,24,25). The van der Waals surface area contributed by atoms with Crippen LogP contribution in [-0.2, 0) is 6.42 Å². The summed E-state index contributed by atoms with van der Waals surface area (Å²) in [6.45, 7) is 8.21. The molecule has 3 aromatic rings. The molecule has 0 saturated heterocycles. The van der Waals surface area contributed by atoms with Crippen molar-refractivity contribution in [3.05, 3.63) is 78.0 Å². The third-order valence-corrected chi connectivity index (χ3v) is 4.41. The lowest BCUT2D eigenvalue weighted by Gasteiger charge is -2.17. The number of carbonyl (C=O) groups excluding carboxylic acids is 1. The molecule has 0 atom stereocenters. The minimum Gasteiger partial charge on any atom is -0.354 e. The van der Waals surface area contributed by atoms with Crippen molar-refractivity contribution in [1.82, 2.24) is 10.3 Å². The third-order valence-electron chi connectivity index (χ3n) is 4.41. The van der Waals surface area contributed by atoms with Gasteiger partial charge in [0.25, 0.3) is 5.91 Å². The van der Waals surface area contributed by atoms with Crippen molar-refractivity contribution in [2.45, 2.75) is 20.3 Å². The highest BCUT2D eigenvalue weighted by Gasteiger charge is 2.17. The highest BCUT2D eigenvalue weighted by atomic mass is 16.1. The summed E-state index contributed by atoms with van der Waals surface area (Å²) in [4.78, 5) is 17.2. The first kappa shape index (κ1) is 17.7. The van der Waals surface area contributed by atoms with Crippen LogP contribution in [0, 0.1) is 6.92 Å². The van der Waals surface area contributed by atoms with E-state index in [1.165, 1.54) is 5.56 Å². The molecule has 0 fully saturated rings. The number of aryl methyl sites for hydroxylation is 2. The molecule has 3 rings (SSSR count). The predicted molar refractivity (Wildman–Crippen MR) is 108 cm³/mol. The lowest BCUT2D eigenvalue weighted by Crippen LogP contribution is -2.24. The van der Waals surface area contributed by atoms with E-state index in [-0.39, 0.29) is 5.91 Å². The van der Waals surface area contributed by atoms with Crippen molar-refractivity contribution in [1.29, 1.82) is 0 Å². The number of para-hydroxylation sites is 2. The Morgan fingerprint density at radius 3 is 2.77 bits per heavy atom. The number of pyridine rings is 1. The van der Waals surface area contributed by atoms with Gasteiger partial charge in [-0.1, -0.05) is 49.4 Å². The van der Waals surface area contributed by atoms with Gasteiger partial charge in [-0.15, -0.1) is 6.58 Å². The Morgan fingerprint density at radius 1 is 1.19 bits per heavy atom. The van der Waals surface area contributed by atoms with Gasteiger partial charge in [-0.25, -0.2) is 0 Å². The summed E-state index contributed by atoms with van der Waals surface area (Å²) < 4.78 is 0. The Morgan fingerprint density at radius 2 is 2.00 bits per heavy atom. The lowest BCUT2D eigenvalue weighted by atomic mass is 10.0. The van der Waals surface area contributed by atoms with Crippen LogP contribution >= 0.6 is 0 Å². The van der Waals surface area contributed by atoms with E-state index in [2.05, 4.69) is 35.2 Å². The first-order valence-electron chi connectivity index (χ1n) is 8.78. The fourth-order valence-electron chi connectivity index (χ4n) is 3.02. The molecule has 2 N–H and O–H groups in total. The maximum atomic E-state index is 12.7. The zero-order valence-electron chi connectivity index (χ0n) is 15.2. The topological polar surface area (TPSA) is 54.0 Å². The summed E-state index contributed by atoms with van der Waals surface area (Å²) in [6, 6.07) is 14.2. The number of amides is 1. The van der Waals surface area contributed by atoms with E-state index < -0.39 is 0 Å². The summed E-state index contributed by atoms with van der Waals surface area (Å²) in [6.07, 6.45) is 4.21. The average molecular weight is 345 g/mol. The molecule has 0 aliphatic heterocycles. The van der Waals surface area contributed by atoms with Crippen LogP contribution in [0.4, 0.5) is 11.4 Å². The van der Waals surface area contributed by atoms with Crippen molar-refractivity contribution in [3.8, 4) is 0 Å². The smallest absolute Gasteiger partial charge is 0.255 e. The molecule has 4 nitrogen and oxygen atoms in total. The molecule has 2 aromatic carbocycles. The van der Waals surface area contributed by atoms with Crippen LogP contribution in [0.5, 0.6) is 0 Å². The van der Waals surface area contributed by atoms with E-state index in [0.717, 1.165) is 34.3 Å². The zero-order valence-corrected chi connectivity index (χ0v) is 15.2. The summed E-state index contributed by atoms with van der Waals surface area (Å²) in [7, 11) is 0. The van der Waals surface area contributed by atoms with Crippen molar-refractivity contribution < 1.29 is 4.79 Å². The number of carbonyl (C=O) groups is 1. The van der Waals surface area contributed by atoms with Gasteiger partial charge >= 0.3 is 0 Å². The van der Waals surface area contributed by atoms with Gasteiger partial charge in [-0.3, -0.25) is 9.78 Å². The molecule has 1 amide bonds. The number of hydrogen-bond donors (Lipinski definition) is 2. The quantitative estimate of drug-likeness (QED) is 0.633. The van der Waals surface area contributed by atoms with Crippen LogP contribution in [-0.4, -0.2) is 17.4 Å². The largest absolute Gasteiger partial charge is 0.354 e. The lowest BCUT2D eigenvalue weighted by molar-refractivity contribution is 0.0958. The summed E-state index contributed by atoms with van der Waals surface area (Å²) >= 11 is 0. The van der Waals surface area contributed by atoms with Gasteiger partial charge in [0.1, 0.15) is 0 Å². The number of aromatic nitrogens is 1. The third kappa shape index (κ3) is 3.45. The van der Waals surface area contributed by atoms with Crippen LogP contribution in [0.1, 0.15) is 28.4 Å². The SMILES string of the molecule is C=CCNC(=O)c1cnc2c(C)cccc2c1Nc1ccccc1CC. The number of anilines is 2. The maximum absolute atomic E-state index is 12.7. The zero-order chi connectivity index (χ0) is 18.5. The van der Waals surface area contributed by atoms with Gasteiger partial charge in [0.15, 0.2) is 0 Å². The molecule has 0 unspecified atom stereocenters. The van der Waals surface area contributed by atoms with Gasteiger partial charge in [-0.05, 0) is 30.5 Å². The highest BCUT2D eigenvalue weighted by molar-refractivity contribution is 6.08. The highest BCUT2D eigenvalue weighted by Crippen LogP contribution is 2.31. The Kier molecular flexibility index (Phi) is 5.32. The monoisotopic (exact) mass is 345 g/mol. The van der Waals surface area contributed by atoms with Crippen LogP contribution < -0.4 is 10.6 Å². The minimum atomic E-state index is -0.169. The number of hydrogen-bond acceptors (Lipinski definition) is 3. The second kappa shape index (κ2) is 7.83. The average Bonchev–Trinajstić information content (AvgIpc) is 2.67. The Bertz CT molecular complexity index is 963. The van der Waals surface area contributed by atoms with Gasteiger partial charge in [0.2, 0.25) is 0 Å². The molecule has 0 saturated carbocycles. The molecule has 0 aliphatic carbocycles. The van der Waals surface area contributed by atoms with E-state index in [1.807, 2.05) is 43.3 Å². The van der Waals surface area contributed by atoms with Crippen LogP contribution in [0.15, 0.2) is 61.3 Å². The van der Waals surface area contributed by atoms with Crippen molar-refractivity contribution in [2.24, 2.45) is 0 Å². The second-order valence-electron chi connectivity index (χ2n) is 6.15. The number of rotatable bonds is 6. The Labute approximate surface area is 154 Å². The van der Waals surface area contributed by atoms with E-state index in [1.54, 1.807) is 12.3 Å². The van der Waals surface area contributed by atoms with Gasteiger partial charge in [0, 0.05) is 23.8 Å². The molecule has 4 heteroatoms. The van der Waals surface area contributed by atoms with E-state index in [0.29, 0.717) is 12.1 Å². The van der Waals surface area contributed by atoms with Crippen LogP contribution in [0.3, 0.4) is 0 Å². The first-order chi connectivity index (χ1) is 12.7. The van der Waals surface area contributed by atoms with Gasteiger partial charge < -0.3 is 10.6 Å². The van der Waals surface area contributed by atoms with Gasteiger partial charge in [0.05, 0.1) is 16.8 Å². The number of nitrogens with one attached hydrogen (secondary N) is 2. The van der Waals surface area contributed by atoms with E-state index in [9.17, 15) is 4.79 Å². The second-order valence-corrected chi connectivity index (χ2v) is 6.15. The summed E-state index contributed by atoms with van der Waals surface area (Å²) in [5.74, 6) is -0.169. The Balaban J connectivity index is 2.17. The number of benzene rings is 2. The molecule has 1 heterocycles. The first-order valence-corrected chi connectivity index (χ1v) is 8.78. The summed E-state index contributed by atoms with van der Waals surface area (Å²) in [5, 5.41) is 7.27. The maximum Gasteiger partial charge on any atom is 0.255 e. The fourth-order valence-corrected chi connectivity index (χ4v) is 3.02. The molecule has 0 radical (unpaired) electrons. The molecule has 0 spiro atoms. The van der Waals surface area contributed by atoms with Crippen molar-refractivity contribution in [3.63, 3.8) is 0 Å². The van der Waals surface area contributed by atoms with E-state index in [4.69, 9.17) is 0 Å². The van der Waals surface area contributed by atoms with Crippen LogP contribution in [0.2, 0.25) is 0 Å². The van der Waals surface area contributed by atoms with E-state index >= 15 is 0 Å². The summed E-state index contributed by atoms with van der Waals surface area (Å²) in [5.41, 5.74) is 5.47. The molecule has 1 aromatic heterocycles. The Hall–Kier alpha value is -3.14. The molecule has 132 valence electrons. The number of nitrogens with zero attached hydrogens (tertiary/aromatic N) is 1. The molecular weight excluding hydrogens is 322 g/mol. The predicted octanol–water partition coefficient (Wildman–Crippen LogP) is 4.77. The minimum absolute atomic E-state index is 0.169. The van der Waals surface area contributed by atoms with Crippen molar-refractivity contribution in [2.75, 3.05) is 11.9 Å². The van der Waals surface area contributed by atoms with Crippen LogP contribution in [0.25, 0.3) is 10.9 Å². The fraction of sp³-hybridized carbons (Fsp3) is 0.182. The number of fused-ring (bicyclic) bond motifs is 1. The molecule has 26 heavy (non-hydrogen) atoms.